The standard InChI is InChI=1S/C23H18N2O2/c1-27-20-13-11-17(12-14-20)16-7-9-19(10-8-16)23(26)25-21-6-2-4-18-5-3-15-24-22(18)21/h2-15H,1H3,(H,25,26). The smallest absolute Gasteiger partial charge is 0.255 e. The number of benzene rings is 3. The fourth-order valence-corrected chi connectivity index (χ4v) is 3.00. The van der Waals surface area contributed by atoms with Crippen LogP contribution in [0, 0.1) is 0 Å². The molecule has 0 atom stereocenters. The summed E-state index contributed by atoms with van der Waals surface area (Å²) in [6.45, 7) is 0. The predicted molar refractivity (Wildman–Crippen MR) is 108 cm³/mol. The molecule has 0 saturated heterocycles. The zero-order chi connectivity index (χ0) is 18.6. The Morgan fingerprint density at radius 1 is 0.852 bits per heavy atom. The molecule has 1 N–H and O–H groups in total. The van der Waals surface area contributed by atoms with E-state index in [1.807, 2.05) is 78.9 Å². The zero-order valence-corrected chi connectivity index (χ0v) is 14.8. The lowest BCUT2D eigenvalue weighted by Gasteiger charge is -2.09. The Hall–Kier alpha value is -3.66. The van der Waals surface area contributed by atoms with Crippen molar-refractivity contribution in [3.63, 3.8) is 0 Å². The second-order valence-electron chi connectivity index (χ2n) is 6.14. The summed E-state index contributed by atoms with van der Waals surface area (Å²) in [6.07, 6.45) is 1.72. The van der Waals surface area contributed by atoms with Gasteiger partial charge >= 0.3 is 0 Å². The predicted octanol–water partition coefficient (Wildman–Crippen LogP) is 5.16. The maximum atomic E-state index is 12.6. The van der Waals surface area contributed by atoms with E-state index in [0.29, 0.717) is 11.3 Å². The first kappa shape index (κ1) is 16.8. The van der Waals surface area contributed by atoms with Crippen molar-refractivity contribution in [2.45, 2.75) is 0 Å². The van der Waals surface area contributed by atoms with Gasteiger partial charge in [0.05, 0.1) is 18.3 Å². The number of pyridine rings is 1. The van der Waals surface area contributed by atoms with Crippen LogP contribution in [0.15, 0.2) is 85.1 Å². The first-order valence-corrected chi connectivity index (χ1v) is 8.64. The van der Waals surface area contributed by atoms with E-state index in [0.717, 1.165) is 27.8 Å². The first-order valence-electron chi connectivity index (χ1n) is 8.64. The summed E-state index contributed by atoms with van der Waals surface area (Å²) in [5.41, 5.74) is 4.20. The minimum absolute atomic E-state index is 0.158. The number of rotatable bonds is 4. The Morgan fingerprint density at radius 3 is 2.22 bits per heavy atom. The lowest BCUT2D eigenvalue weighted by atomic mass is 10.0. The van der Waals surface area contributed by atoms with Gasteiger partial charge in [0.1, 0.15) is 5.75 Å². The highest BCUT2D eigenvalue weighted by atomic mass is 16.5. The topological polar surface area (TPSA) is 51.2 Å². The number of anilines is 1. The van der Waals surface area contributed by atoms with E-state index in [-0.39, 0.29) is 5.91 Å². The molecule has 3 aromatic carbocycles. The molecule has 0 spiro atoms. The van der Waals surface area contributed by atoms with Gasteiger partial charge < -0.3 is 10.1 Å². The van der Waals surface area contributed by atoms with E-state index in [4.69, 9.17) is 4.74 Å². The molecule has 0 unspecified atom stereocenters. The minimum atomic E-state index is -0.158. The first-order chi connectivity index (χ1) is 13.2. The molecule has 0 aliphatic rings. The van der Waals surface area contributed by atoms with Crippen LogP contribution in [0.1, 0.15) is 10.4 Å². The monoisotopic (exact) mass is 354 g/mol. The van der Waals surface area contributed by atoms with Crippen molar-refractivity contribution in [1.82, 2.24) is 4.98 Å². The van der Waals surface area contributed by atoms with Crippen LogP contribution in [0.2, 0.25) is 0 Å². The maximum Gasteiger partial charge on any atom is 0.255 e. The largest absolute Gasteiger partial charge is 0.497 e. The van der Waals surface area contributed by atoms with Crippen LogP contribution in [0.25, 0.3) is 22.0 Å². The molecule has 4 aromatic rings. The van der Waals surface area contributed by atoms with Crippen LogP contribution in [-0.4, -0.2) is 18.0 Å². The van der Waals surface area contributed by atoms with Crippen LogP contribution >= 0.6 is 0 Å². The fraction of sp³-hybridized carbons (Fsp3) is 0.0435. The van der Waals surface area contributed by atoms with Crippen molar-refractivity contribution < 1.29 is 9.53 Å². The van der Waals surface area contributed by atoms with Crippen LogP contribution < -0.4 is 10.1 Å². The van der Waals surface area contributed by atoms with E-state index in [2.05, 4.69) is 10.3 Å². The number of carbonyl (C=O) groups is 1. The molecular formula is C23H18N2O2. The Kier molecular flexibility index (Phi) is 4.54. The van der Waals surface area contributed by atoms with E-state index in [9.17, 15) is 4.79 Å². The molecule has 0 fully saturated rings. The van der Waals surface area contributed by atoms with Gasteiger partial charge in [0.15, 0.2) is 0 Å². The van der Waals surface area contributed by atoms with Gasteiger partial charge in [-0.25, -0.2) is 0 Å². The van der Waals surface area contributed by atoms with Crippen molar-refractivity contribution in [1.29, 1.82) is 0 Å². The molecule has 4 nitrogen and oxygen atoms in total. The molecule has 0 saturated carbocycles. The number of hydrogen-bond acceptors (Lipinski definition) is 3. The molecule has 0 radical (unpaired) electrons. The minimum Gasteiger partial charge on any atom is -0.497 e. The van der Waals surface area contributed by atoms with Gasteiger partial charge in [-0.05, 0) is 47.5 Å². The summed E-state index contributed by atoms with van der Waals surface area (Å²) in [7, 11) is 1.65. The number of aromatic nitrogens is 1. The van der Waals surface area contributed by atoms with Gasteiger partial charge in [0.25, 0.3) is 5.91 Å². The number of methoxy groups -OCH3 is 1. The van der Waals surface area contributed by atoms with Crippen molar-refractivity contribution in [2.75, 3.05) is 12.4 Å². The molecule has 1 heterocycles. The summed E-state index contributed by atoms with van der Waals surface area (Å²) >= 11 is 0. The number of carbonyl (C=O) groups excluding carboxylic acids is 1. The molecule has 4 heteroatoms. The van der Waals surface area contributed by atoms with Gasteiger partial charge in [-0.15, -0.1) is 0 Å². The number of nitrogens with zero attached hydrogens (tertiary/aromatic N) is 1. The van der Waals surface area contributed by atoms with Crippen molar-refractivity contribution in [2.24, 2.45) is 0 Å². The third-order valence-corrected chi connectivity index (χ3v) is 4.45. The van der Waals surface area contributed by atoms with Crippen molar-refractivity contribution in [3.05, 3.63) is 90.6 Å². The maximum absolute atomic E-state index is 12.6. The Labute approximate surface area is 157 Å². The molecule has 4 rings (SSSR count). The van der Waals surface area contributed by atoms with Crippen molar-refractivity contribution in [3.8, 4) is 16.9 Å². The third kappa shape index (κ3) is 3.51. The average molecular weight is 354 g/mol. The van der Waals surface area contributed by atoms with Crippen molar-refractivity contribution >= 4 is 22.5 Å². The summed E-state index contributed by atoms with van der Waals surface area (Å²) in [4.78, 5) is 17.0. The number of para-hydroxylation sites is 1. The van der Waals surface area contributed by atoms with E-state index >= 15 is 0 Å². The number of fused-ring (bicyclic) bond motifs is 1. The number of hydrogen-bond donors (Lipinski definition) is 1. The third-order valence-electron chi connectivity index (χ3n) is 4.45. The SMILES string of the molecule is COc1ccc(-c2ccc(C(=O)Nc3cccc4cccnc34)cc2)cc1. The molecule has 132 valence electrons. The zero-order valence-electron chi connectivity index (χ0n) is 14.8. The number of ether oxygens (including phenoxy) is 1. The van der Waals surface area contributed by atoms with E-state index < -0.39 is 0 Å². The highest BCUT2D eigenvalue weighted by Crippen LogP contribution is 2.24. The Bertz CT molecular complexity index is 1080. The second kappa shape index (κ2) is 7.30. The van der Waals surface area contributed by atoms with Gasteiger partial charge in [-0.1, -0.05) is 42.5 Å². The number of nitrogens with one attached hydrogen (secondary N) is 1. The molecule has 0 aliphatic carbocycles. The molecule has 0 aliphatic heterocycles. The summed E-state index contributed by atoms with van der Waals surface area (Å²) in [5.74, 6) is 0.660. The summed E-state index contributed by atoms with van der Waals surface area (Å²) in [6, 6.07) is 25.0. The lowest BCUT2D eigenvalue weighted by molar-refractivity contribution is 0.102. The van der Waals surface area contributed by atoms with Crippen LogP contribution in [0.3, 0.4) is 0 Å². The average Bonchev–Trinajstić information content (AvgIpc) is 2.74. The van der Waals surface area contributed by atoms with Gasteiger partial charge in [0, 0.05) is 17.1 Å². The van der Waals surface area contributed by atoms with E-state index in [1.54, 1.807) is 13.3 Å². The van der Waals surface area contributed by atoms with Crippen LogP contribution in [0.4, 0.5) is 5.69 Å². The molecule has 1 aromatic heterocycles. The Balaban J connectivity index is 1.55. The second-order valence-corrected chi connectivity index (χ2v) is 6.14. The van der Waals surface area contributed by atoms with Crippen LogP contribution in [0.5, 0.6) is 5.75 Å². The lowest BCUT2D eigenvalue weighted by Crippen LogP contribution is -2.12. The van der Waals surface area contributed by atoms with Gasteiger partial charge in [-0.3, -0.25) is 9.78 Å². The molecular weight excluding hydrogens is 336 g/mol. The quantitative estimate of drug-likeness (QED) is 0.550. The summed E-state index contributed by atoms with van der Waals surface area (Å²) in [5, 5.41) is 3.95. The normalized spacial score (nSPS) is 10.6. The number of amides is 1. The molecule has 1 amide bonds. The highest BCUT2D eigenvalue weighted by molar-refractivity contribution is 6.08. The molecule has 0 bridgehead atoms. The Morgan fingerprint density at radius 2 is 1.52 bits per heavy atom. The van der Waals surface area contributed by atoms with E-state index in [1.165, 1.54) is 0 Å². The fourth-order valence-electron chi connectivity index (χ4n) is 3.00. The highest BCUT2D eigenvalue weighted by Gasteiger charge is 2.09. The van der Waals surface area contributed by atoms with Gasteiger partial charge in [-0.2, -0.15) is 0 Å². The molecule has 27 heavy (non-hydrogen) atoms. The van der Waals surface area contributed by atoms with Crippen LogP contribution in [-0.2, 0) is 0 Å². The van der Waals surface area contributed by atoms with Gasteiger partial charge in [0.2, 0.25) is 0 Å². The summed E-state index contributed by atoms with van der Waals surface area (Å²) < 4.78 is 5.18.